The molecule has 0 saturated carbocycles. The minimum absolute atomic E-state index is 0.0554. The topological polar surface area (TPSA) is 105 Å². The van der Waals surface area contributed by atoms with E-state index < -0.39 is 16.7 Å². The molecule has 0 aliphatic carbocycles. The van der Waals surface area contributed by atoms with Gasteiger partial charge in [-0.1, -0.05) is 15.9 Å². The summed E-state index contributed by atoms with van der Waals surface area (Å²) < 4.78 is 0.937. The number of halogens is 1. The van der Waals surface area contributed by atoms with Gasteiger partial charge < -0.3 is 10.2 Å². The maximum absolute atomic E-state index is 12.5. The molecule has 1 unspecified atom stereocenters. The smallest absolute Gasteiger partial charge is 0.310 e. The zero-order chi connectivity index (χ0) is 18.8. The molecule has 1 aromatic heterocycles. The highest BCUT2D eigenvalue weighted by molar-refractivity contribution is 9.10. The van der Waals surface area contributed by atoms with Crippen molar-refractivity contribution in [3.8, 4) is 0 Å². The second-order valence-corrected chi connectivity index (χ2v) is 6.83. The standard InChI is InChI=1S/C17H15BrN4O4/c1-10-6-12(2-3-13(10)18)21-9-11(7-16(21)23)17(24)20-14-4-5-19-8-15(14)22(25)26/h2-6,8,11H,7,9H2,1H3,(H,19,20,24). The number of hydrogen-bond donors (Lipinski definition) is 1. The van der Waals surface area contributed by atoms with E-state index in [1.807, 2.05) is 25.1 Å². The fraction of sp³-hybridized carbons (Fsp3) is 0.235. The van der Waals surface area contributed by atoms with Gasteiger partial charge in [0.2, 0.25) is 11.8 Å². The predicted octanol–water partition coefficient (Wildman–Crippen LogP) is 3.05. The van der Waals surface area contributed by atoms with Gasteiger partial charge in [-0.05, 0) is 36.8 Å². The summed E-state index contributed by atoms with van der Waals surface area (Å²) in [5.74, 6) is -1.17. The van der Waals surface area contributed by atoms with E-state index in [4.69, 9.17) is 0 Å². The van der Waals surface area contributed by atoms with Gasteiger partial charge in [0.05, 0.1) is 10.8 Å². The molecule has 1 fully saturated rings. The van der Waals surface area contributed by atoms with Crippen molar-refractivity contribution < 1.29 is 14.5 Å². The van der Waals surface area contributed by atoms with E-state index in [-0.39, 0.29) is 30.2 Å². The second-order valence-electron chi connectivity index (χ2n) is 5.98. The first-order valence-electron chi connectivity index (χ1n) is 7.82. The minimum atomic E-state index is -0.612. The van der Waals surface area contributed by atoms with Gasteiger partial charge >= 0.3 is 5.69 Å². The van der Waals surface area contributed by atoms with Gasteiger partial charge in [-0.15, -0.1) is 0 Å². The van der Waals surface area contributed by atoms with E-state index in [0.29, 0.717) is 0 Å². The van der Waals surface area contributed by atoms with Crippen LogP contribution in [0.2, 0.25) is 0 Å². The summed E-state index contributed by atoms with van der Waals surface area (Å²) in [5, 5.41) is 13.6. The van der Waals surface area contributed by atoms with Crippen LogP contribution >= 0.6 is 15.9 Å². The Hall–Kier alpha value is -2.81. The number of carbonyl (C=O) groups is 2. The van der Waals surface area contributed by atoms with Crippen LogP contribution in [0.1, 0.15) is 12.0 Å². The zero-order valence-electron chi connectivity index (χ0n) is 13.8. The molecule has 1 N–H and O–H groups in total. The molecule has 0 spiro atoms. The normalized spacial score (nSPS) is 16.6. The number of anilines is 2. The van der Waals surface area contributed by atoms with E-state index in [9.17, 15) is 19.7 Å². The fourth-order valence-electron chi connectivity index (χ4n) is 2.80. The lowest BCUT2D eigenvalue weighted by Crippen LogP contribution is -2.28. The Kier molecular flexibility index (Phi) is 4.99. The van der Waals surface area contributed by atoms with Gasteiger partial charge in [-0.3, -0.25) is 24.7 Å². The second kappa shape index (κ2) is 7.20. The lowest BCUT2D eigenvalue weighted by Gasteiger charge is -2.17. The first-order valence-corrected chi connectivity index (χ1v) is 8.62. The molecule has 2 heterocycles. The monoisotopic (exact) mass is 418 g/mol. The van der Waals surface area contributed by atoms with Crippen molar-refractivity contribution in [1.82, 2.24) is 4.98 Å². The number of nitrogens with one attached hydrogen (secondary N) is 1. The molecule has 2 aromatic rings. The summed E-state index contributed by atoms with van der Waals surface area (Å²) >= 11 is 3.42. The number of carbonyl (C=O) groups excluding carboxylic acids is 2. The van der Waals surface area contributed by atoms with Crippen LogP contribution in [0.3, 0.4) is 0 Å². The molecule has 0 radical (unpaired) electrons. The Bertz CT molecular complexity index is 902. The molecule has 3 rings (SSSR count). The molecule has 26 heavy (non-hydrogen) atoms. The van der Waals surface area contributed by atoms with Crippen LogP contribution < -0.4 is 10.2 Å². The Morgan fingerprint density at radius 2 is 2.19 bits per heavy atom. The third-order valence-electron chi connectivity index (χ3n) is 4.20. The van der Waals surface area contributed by atoms with E-state index in [1.165, 1.54) is 12.3 Å². The SMILES string of the molecule is Cc1cc(N2CC(C(=O)Nc3ccncc3[N+](=O)[O-])CC2=O)ccc1Br. The first kappa shape index (κ1) is 18.0. The van der Waals surface area contributed by atoms with Gasteiger partial charge in [0.15, 0.2) is 0 Å². The summed E-state index contributed by atoms with van der Waals surface area (Å²) in [6.07, 6.45) is 2.49. The molecule has 9 heteroatoms. The third kappa shape index (κ3) is 3.57. The Balaban J connectivity index is 1.75. The molecular weight excluding hydrogens is 404 g/mol. The van der Waals surface area contributed by atoms with E-state index in [1.54, 1.807) is 4.90 Å². The largest absolute Gasteiger partial charge is 0.320 e. The maximum atomic E-state index is 12.5. The van der Waals surface area contributed by atoms with Crippen LogP contribution in [0.5, 0.6) is 0 Å². The Morgan fingerprint density at radius 3 is 2.88 bits per heavy atom. The van der Waals surface area contributed by atoms with Crippen molar-refractivity contribution >= 4 is 44.8 Å². The fourth-order valence-corrected chi connectivity index (χ4v) is 3.05. The summed E-state index contributed by atoms with van der Waals surface area (Å²) in [6, 6.07) is 6.90. The summed E-state index contributed by atoms with van der Waals surface area (Å²) in [4.78, 5) is 40.5. The summed E-state index contributed by atoms with van der Waals surface area (Å²) in [7, 11) is 0. The predicted molar refractivity (Wildman–Crippen MR) is 98.9 cm³/mol. The van der Waals surface area contributed by atoms with Crippen molar-refractivity contribution in [2.45, 2.75) is 13.3 Å². The number of rotatable bonds is 4. The molecule has 134 valence electrons. The maximum Gasteiger partial charge on any atom is 0.310 e. The Labute approximate surface area is 157 Å². The van der Waals surface area contributed by atoms with Crippen LogP contribution in [-0.2, 0) is 9.59 Å². The molecule has 8 nitrogen and oxygen atoms in total. The summed E-state index contributed by atoms with van der Waals surface area (Å²) in [5.41, 5.74) is 1.49. The number of aryl methyl sites for hydroxylation is 1. The molecule has 1 aliphatic heterocycles. The zero-order valence-corrected chi connectivity index (χ0v) is 15.4. The van der Waals surface area contributed by atoms with Gasteiger partial charge in [-0.2, -0.15) is 0 Å². The van der Waals surface area contributed by atoms with Gasteiger partial charge in [0.1, 0.15) is 11.9 Å². The molecule has 1 atom stereocenters. The van der Waals surface area contributed by atoms with Crippen molar-refractivity contribution in [2.24, 2.45) is 5.92 Å². The van der Waals surface area contributed by atoms with Crippen molar-refractivity contribution in [1.29, 1.82) is 0 Å². The number of pyridine rings is 1. The van der Waals surface area contributed by atoms with E-state index >= 15 is 0 Å². The molecule has 0 bridgehead atoms. The van der Waals surface area contributed by atoms with Crippen LogP contribution in [0.4, 0.5) is 17.1 Å². The highest BCUT2D eigenvalue weighted by Crippen LogP contribution is 2.30. The van der Waals surface area contributed by atoms with E-state index in [0.717, 1.165) is 21.9 Å². The third-order valence-corrected chi connectivity index (χ3v) is 5.09. The van der Waals surface area contributed by atoms with Gasteiger partial charge in [0.25, 0.3) is 0 Å². The molecule has 1 aromatic carbocycles. The highest BCUT2D eigenvalue weighted by atomic mass is 79.9. The Morgan fingerprint density at radius 1 is 1.42 bits per heavy atom. The van der Waals surface area contributed by atoms with Crippen LogP contribution in [0.25, 0.3) is 0 Å². The number of benzene rings is 1. The number of amides is 2. The minimum Gasteiger partial charge on any atom is -0.320 e. The quantitative estimate of drug-likeness (QED) is 0.606. The molecular formula is C17H15BrN4O4. The van der Waals surface area contributed by atoms with Crippen molar-refractivity contribution in [2.75, 3.05) is 16.8 Å². The molecule has 1 saturated heterocycles. The average Bonchev–Trinajstić information content (AvgIpc) is 2.99. The lowest BCUT2D eigenvalue weighted by atomic mass is 10.1. The van der Waals surface area contributed by atoms with Crippen molar-refractivity contribution in [3.05, 3.63) is 56.8 Å². The number of hydrogen-bond acceptors (Lipinski definition) is 5. The highest BCUT2D eigenvalue weighted by Gasteiger charge is 2.35. The molecule has 1 aliphatic rings. The number of aromatic nitrogens is 1. The average molecular weight is 419 g/mol. The molecule has 2 amide bonds. The first-order chi connectivity index (χ1) is 12.4. The van der Waals surface area contributed by atoms with Crippen LogP contribution in [0.15, 0.2) is 41.1 Å². The van der Waals surface area contributed by atoms with E-state index in [2.05, 4.69) is 26.2 Å². The summed E-state index contributed by atoms with van der Waals surface area (Å²) in [6.45, 7) is 2.14. The number of nitrogens with zero attached hydrogens (tertiary/aromatic N) is 3. The van der Waals surface area contributed by atoms with Crippen LogP contribution in [-0.4, -0.2) is 28.3 Å². The van der Waals surface area contributed by atoms with Crippen molar-refractivity contribution in [3.63, 3.8) is 0 Å². The number of nitro groups is 1. The lowest BCUT2D eigenvalue weighted by molar-refractivity contribution is -0.384. The van der Waals surface area contributed by atoms with Gasteiger partial charge in [0, 0.05) is 29.3 Å². The van der Waals surface area contributed by atoms with Gasteiger partial charge in [-0.25, -0.2) is 0 Å². The van der Waals surface area contributed by atoms with Crippen LogP contribution in [0, 0.1) is 23.0 Å².